The molecule has 0 saturated carbocycles. The van der Waals surface area contributed by atoms with E-state index in [1.54, 1.807) is 14.2 Å². The van der Waals surface area contributed by atoms with Gasteiger partial charge in [-0.15, -0.1) is 0 Å². The molecule has 7 heterocycles. The number of fused-ring (bicyclic) bond motifs is 7. The molecule has 0 spiro atoms. The average Bonchev–Trinajstić information content (AvgIpc) is 3.90. The predicted octanol–water partition coefficient (Wildman–Crippen LogP) is 7.58. The molecule has 5 aliphatic rings. The predicted molar refractivity (Wildman–Crippen MR) is 222 cm³/mol. The highest BCUT2D eigenvalue weighted by molar-refractivity contribution is 6.05. The van der Waals surface area contributed by atoms with Gasteiger partial charge < -0.3 is 38.7 Å². The molecule has 2 amide bonds. The third kappa shape index (κ3) is 7.66. The number of nitrogens with one attached hydrogen (secondary N) is 2. The largest absolute Gasteiger partial charge is 0.497 e. The lowest BCUT2D eigenvalue weighted by Gasteiger charge is -2.47. The van der Waals surface area contributed by atoms with Crippen LogP contribution in [0.5, 0.6) is 11.5 Å². The number of aromatic nitrogens is 2. The lowest BCUT2D eigenvalue weighted by atomic mass is 9.82. The van der Waals surface area contributed by atoms with Crippen LogP contribution in [0, 0.1) is 5.92 Å². The minimum Gasteiger partial charge on any atom is -0.497 e. The van der Waals surface area contributed by atoms with Crippen LogP contribution in [0.3, 0.4) is 0 Å². The summed E-state index contributed by atoms with van der Waals surface area (Å²) in [5.74, 6) is 3.00. The van der Waals surface area contributed by atoms with Gasteiger partial charge >= 0.3 is 0 Å². The molecule has 11 rings (SSSR count). The minimum absolute atomic E-state index is 0.0668. The van der Waals surface area contributed by atoms with E-state index < -0.39 is 0 Å². The van der Waals surface area contributed by atoms with Gasteiger partial charge in [0.2, 0.25) is 11.8 Å². The molecule has 5 aliphatic heterocycles. The third-order valence-electron chi connectivity index (χ3n) is 12.6. The number of ether oxygens (including phenoxy) is 2. The Morgan fingerprint density at radius 2 is 1.17 bits per heavy atom. The highest BCUT2D eigenvalue weighted by atomic mass is 16.5. The molecule has 58 heavy (non-hydrogen) atoms. The summed E-state index contributed by atoms with van der Waals surface area (Å²) in [4.78, 5) is 40.3. The molecular formula is C46H50N6O6. The zero-order chi connectivity index (χ0) is 39.8. The first-order valence-corrected chi connectivity index (χ1v) is 20.5. The number of carbonyl (C=O) groups excluding carboxylic acids is 2. The monoisotopic (exact) mass is 782 g/mol. The molecule has 300 valence electrons. The normalized spacial score (nSPS) is 23.8. The van der Waals surface area contributed by atoms with Gasteiger partial charge in [0.15, 0.2) is 11.2 Å². The molecule has 0 radical (unpaired) electrons. The first-order chi connectivity index (χ1) is 28.3. The van der Waals surface area contributed by atoms with E-state index in [2.05, 4.69) is 37.4 Å². The van der Waals surface area contributed by atoms with Gasteiger partial charge in [-0.3, -0.25) is 9.59 Å². The third-order valence-corrected chi connectivity index (χ3v) is 12.6. The Morgan fingerprint density at radius 1 is 0.672 bits per heavy atom. The molecule has 4 bridgehead atoms. The highest BCUT2D eigenvalue weighted by Gasteiger charge is 2.37. The van der Waals surface area contributed by atoms with Crippen molar-refractivity contribution in [2.75, 3.05) is 40.9 Å². The summed E-state index contributed by atoms with van der Waals surface area (Å²) in [5, 5.41) is 6.52. The molecule has 12 nitrogen and oxygen atoms in total. The Kier molecular flexibility index (Phi) is 10.6. The fraction of sp³-hybridized carbons (Fsp3) is 0.391. The van der Waals surface area contributed by atoms with Crippen LogP contribution in [-0.4, -0.2) is 96.7 Å². The Balaban J connectivity index is 0.000000151. The van der Waals surface area contributed by atoms with Crippen LogP contribution >= 0.6 is 0 Å². The summed E-state index contributed by atoms with van der Waals surface area (Å²) in [7, 11) is 5.49. The van der Waals surface area contributed by atoms with Crippen LogP contribution < -0.4 is 20.1 Å². The molecule has 0 aliphatic carbocycles. The number of oxazole rings is 2. The summed E-state index contributed by atoms with van der Waals surface area (Å²) in [6.45, 7) is 3.25. The number of nitrogens with zero attached hydrogens (tertiary/aromatic N) is 4. The van der Waals surface area contributed by atoms with Gasteiger partial charge in [-0.1, -0.05) is 18.6 Å². The number of rotatable bonds is 8. The van der Waals surface area contributed by atoms with Gasteiger partial charge in [0.25, 0.3) is 11.8 Å². The second kappa shape index (κ2) is 16.3. The first-order valence-electron chi connectivity index (χ1n) is 20.5. The van der Waals surface area contributed by atoms with Crippen molar-refractivity contribution in [3.63, 3.8) is 0 Å². The quantitative estimate of drug-likeness (QED) is 0.159. The number of methoxy groups -OCH3 is 2. The zero-order valence-corrected chi connectivity index (χ0v) is 33.3. The molecule has 2 N–H and O–H groups in total. The van der Waals surface area contributed by atoms with Crippen molar-refractivity contribution in [2.24, 2.45) is 5.92 Å². The molecule has 6 aromatic rings. The van der Waals surface area contributed by atoms with Crippen LogP contribution in [-0.2, 0) is 0 Å². The maximum atomic E-state index is 13.1. The molecule has 4 aromatic carbocycles. The van der Waals surface area contributed by atoms with Crippen LogP contribution in [0.1, 0.15) is 65.7 Å². The standard InChI is InChI=1S/C24H27N3O3.C22H23N3O3/c1-27-17-5-3-6-18(27)14-16(13-17)25-23(28)20-7-4-8-21-22(20)26-24(30-21)15-9-11-19(29-2)12-10-15;1-27-16-7-5-15(6-8-16)22-24-20-17(3-2-4-19(20)28-22)21(26)23-18-13-25-11-9-14(18)10-12-25/h4,7-12,16-18H,3,5-6,13-14H2,1-2H3,(H,25,28);2-8,14,18H,9-13H2,1H3,(H,23,26). The summed E-state index contributed by atoms with van der Waals surface area (Å²) in [6, 6.07) is 27.7. The van der Waals surface area contributed by atoms with Crippen LogP contribution in [0.2, 0.25) is 0 Å². The Hall–Kier alpha value is -5.72. The van der Waals surface area contributed by atoms with Crippen molar-refractivity contribution in [2.45, 2.75) is 69.1 Å². The van der Waals surface area contributed by atoms with E-state index in [9.17, 15) is 9.59 Å². The van der Waals surface area contributed by atoms with E-state index in [1.165, 1.54) is 32.1 Å². The van der Waals surface area contributed by atoms with E-state index >= 15 is 0 Å². The maximum Gasteiger partial charge on any atom is 0.253 e. The van der Waals surface area contributed by atoms with E-state index in [1.807, 2.05) is 84.9 Å². The molecule has 3 atom stereocenters. The number of para-hydroxylation sites is 2. The maximum absolute atomic E-state index is 13.1. The van der Waals surface area contributed by atoms with Gasteiger partial charge in [-0.05, 0) is 137 Å². The van der Waals surface area contributed by atoms with Crippen molar-refractivity contribution < 1.29 is 27.9 Å². The summed E-state index contributed by atoms with van der Waals surface area (Å²) < 4.78 is 22.3. The molecular weight excluding hydrogens is 733 g/mol. The first kappa shape index (κ1) is 37.8. The van der Waals surface area contributed by atoms with Crippen molar-refractivity contribution >= 4 is 34.0 Å². The van der Waals surface area contributed by atoms with Crippen molar-refractivity contribution in [1.82, 2.24) is 30.4 Å². The summed E-state index contributed by atoms with van der Waals surface area (Å²) in [6.07, 6.45) is 8.12. The highest BCUT2D eigenvalue weighted by Crippen LogP contribution is 2.34. The smallest absolute Gasteiger partial charge is 0.253 e. The summed E-state index contributed by atoms with van der Waals surface area (Å²) >= 11 is 0. The SMILES string of the molecule is COc1ccc(-c2nc3c(C(=O)NC4CC5CCCC(C4)N5C)cccc3o2)cc1.COc1ccc(-c2nc3c(C(=O)NC4CN5CCC4CC5)cccc3o2)cc1. The lowest BCUT2D eigenvalue weighted by Crippen LogP contribution is -2.57. The number of amides is 2. The molecule has 12 heteroatoms. The van der Waals surface area contributed by atoms with Crippen molar-refractivity contribution in [3.05, 3.63) is 96.1 Å². The fourth-order valence-corrected chi connectivity index (χ4v) is 9.35. The molecule has 5 saturated heterocycles. The van der Waals surface area contributed by atoms with Crippen molar-refractivity contribution in [3.8, 4) is 34.4 Å². The number of hydrogen-bond acceptors (Lipinski definition) is 10. The van der Waals surface area contributed by atoms with E-state index in [0.29, 0.717) is 63.1 Å². The second-order valence-corrected chi connectivity index (χ2v) is 16.1. The lowest BCUT2D eigenvalue weighted by molar-refractivity contribution is 0.0463. The van der Waals surface area contributed by atoms with Gasteiger partial charge in [0, 0.05) is 41.8 Å². The second-order valence-electron chi connectivity index (χ2n) is 16.1. The van der Waals surface area contributed by atoms with Gasteiger partial charge in [-0.2, -0.15) is 0 Å². The van der Waals surface area contributed by atoms with Gasteiger partial charge in [0.05, 0.1) is 25.3 Å². The number of piperidine rings is 5. The van der Waals surface area contributed by atoms with Crippen LogP contribution in [0.25, 0.3) is 45.1 Å². The minimum atomic E-state index is -0.0704. The van der Waals surface area contributed by atoms with Gasteiger partial charge in [0.1, 0.15) is 22.5 Å². The Bertz CT molecular complexity index is 2390. The molecule has 2 aromatic heterocycles. The van der Waals surface area contributed by atoms with Gasteiger partial charge in [-0.25, -0.2) is 9.97 Å². The Morgan fingerprint density at radius 3 is 1.64 bits per heavy atom. The zero-order valence-electron chi connectivity index (χ0n) is 33.3. The van der Waals surface area contributed by atoms with Crippen LogP contribution in [0.15, 0.2) is 93.8 Å². The van der Waals surface area contributed by atoms with E-state index in [0.717, 1.165) is 55.1 Å². The summed E-state index contributed by atoms with van der Waals surface area (Å²) in [5.41, 5.74) is 5.28. The number of benzene rings is 4. The molecule has 5 fully saturated rings. The van der Waals surface area contributed by atoms with E-state index in [4.69, 9.17) is 18.3 Å². The number of carbonyl (C=O) groups is 2. The average molecular weight is 783 g/mol. The Labute approximate surface area is 337 Å². The van der Waals surface area contributed by atoms with Crippen molar-refractivity contribution in [1.29, 1.82) is 0 Å². The molecule has 3 unspecified atom stereocenters. The topological polar surface area (TPSA) is 135 Å². The van der Waals surface area contributed by atoms with E-state index in [-0.39, 0.29) is 23.9 Å². The number of hydrogen-bond donors (Lipinski definition) is 2. The fourth-order valence-electron chi connectivity index (χ4n) is 9.35. The van der Waals surface area contributed by atoms with Crippen LogP contribution in [0.4, 0.5) is 0 Å².